The molecule has 1 heterocycles. The number of nitrogens with zero attached hydrogens (tertiary/aromatic N) is 2. The number of amides is 1. The van der Waals surface area contributed by atoms with E-state index in [1.165, 1.54) is 31.2 Å². The second-order valence-electron chi connectivity index (χ2n) is 5.75. The number of fused-ring (bicyclic) bond motifs is 1. The normalized spacial score (nSPS) is 12.2. The van der Waals surface area contributed by atoms with Gasteiger partial charge in [0.05, 0.1) is 16.6 Å². The number of aromatic amines is 2. The molecule has 0 atom stereocenters. The molecular formula is C18H15N5O5. The number of allylic oxidation sites excluding steroid dienone is 1. The van der Waals surface area contributed by atoms with Gasteiger partial charge >= 0.3 is 11.7 Å². The molecule has 28 heavy (non-hydrogen) atoms. The topological polar surface area (TPSA) is 160 Å². The van der Waals surface area contributed by atoms with Gasteiger partial charge in [-0.05, 0) is 37.3 Å². The maximum absolute atomic E-state index is 12.5. The third kappa shape index (κ3) is 3.96. The highest BCUT2D eigenvalue weighted by Crippen LogP contribution is 2.21. The Morgan fingerprint density at radius 3 is 2.46 bits per heavy atom. The van der Waals surface area contributed by atoms with Gasteiger partial charge in [-0.3, -0.25) is 4.79 Å². The van der Waals surface area contributed by atoms with Gasteiger partial charge in [-0.2, -0.15) is 0 Å². The molecule has 2 aromatic carbocycles. The summed E-state index contributed by atoms with van der Waals surface area (Å²) in [6, 6.07) is 10.6. The SMILES string of the molecule is C/C(O)=C(\N=Nc1ccccc1C(=O)O)C(=O)Nc1ccc2[nH]c(=O)[nH]c2c1. The Morgan fingerprint density at radius 2 is 1.75 bits per heavy atom. The van der Waals surface area contributed by atoms with Crippen molar-refractivity contribution in [1.29, 1.82) is 0 Å². The maximum Gasteiger partial charge on any atom is 0.337 e. The molecular weight excluding hydrogens is 366 g/mol. The lowest BCUT2D eigenvalue weighted by Crippen LogP contribution is -2.14. The average molecular weight is 381 g/mol. The van der Waals surface area contributed by atoms with E-state index in [9.17, 15) is 19.5 Å². The molecule has 5 N–H and O–H groups in total. The summed E-state index contributed by atoms with van der Waals surface area (Å²) >= 11 is 0. The quantitative estimate of drug-likeness (QED) is 0.260. The number of imidazole rings is 1. The van der Waals surface area contributed by atoms with Gasteiger partial charge in [-0.15, -0.1) is 10.2 Å². The first kappa shape index (κ1) is 18.6. The van der Waals surface area contributed by atoms with Crippen molar-refractivity contribution in [2.24, 2.45) is 10.2 Å². The minimum atomic E-state index is -1.20. The Morgan fingerprint density at radius 1 is 1.04 bits per heavy atom. The second-order valence-corrected chi connectivity index (χ2v) is 5.75. The number of carboxylic acid groups (broad SMARTS) is 1. The van der Waals surface area contributed by atoms with Gasteiger partial charge in [0.25, 0.3) is 5.91 Å². The molecule has 0 radical (unpaired) electrons. The summed E-state index contributed by atoms with van der Waals surface area (Å²) in [5, 5.41) is 29.0. The number of aromatic carboxylic acids is 1. The minimum absolute atomic E-state index is 0.0351. The van der Waals surface area contributed by atoms with Crippen LogP contribution in [-0.2, 0) is 4.79 Å². The zero-order valence-corrected chi connectivity index (χ0v) is 14.6. The largest absolute Gasteiger partial charge is 0.510 e. The van der Waals surface area contributed by atoms with E-state index in [1.807, 2.05) is 0 Å². The number of hydrogen-bond donors (Lipinski definition) is 5. The highest BCUT2D eigenvalue weighted by molar-refractivity contribution is 6.04. The van der Waals surface area contributed by atoms with Crippen molar-refractivity contribution in [3.63, 3.8) is 0 Å². The summed E-state index contributed by atoms with van der Waals surface area (Å²) in [5.41, 5.74) is 0.594. The van der Waals surface area contributed by atoms with Gasteiger partial charge in [0.15, 0.2) is 5.70 Å². The van der Waals surface area contributed by atoms with E-state index >= 15 is 0 Å². The van der Waals surface area contributed by atoms with Crippen LogP contribution < -0.4 is 11.0 Å². The van der Waals surface area contributed by atoms with Gasteiger partial charge in [0.1, 0.15) is 11.4 Å². The first-order valence-electron chi connectivity index (χ1n) is 8.02. The van der Waals surface area contributed by atoms with Crippen LogP contribution in [0, 0.1) is 0 Å². The van der Waals surface area contributed by atoms with Crippen LogP contribution >= 0.6 is 0 Å². The number of nitrogens with one attached hydrogen (secondary N) is 3. The molecule has 0 aliphatic heterocycles. The number of H-pyrrole nitrogens is 2. The van der Waals surface area contributed by atoms with E-state index in [2.05, 4.69) is 25.5 Å². The lowest BCUT2D eigenvalue weighted by molar-refractivity contribution is -0.113. The summed E-state index contributed by atoms with van der Waals surface area (Å²) in [5.74, 6) is -2.35. The molecule has 3 rings (SSSR count). The number of aliphatic hydroxyl groups is 1. The molecule has 0 fully saturated rings. The van der Waals surface area contributed by atoms with Crippen molar-refractivity contribution >= 4 is 34.3 Å². The van der Waals surface area contributed by atoms with Crippen LogP contribution in [0.25, 0.3) is 11.0 Å². The van der Waals surface area contributed by atoms with Crippen LogP contribution in [0.2, 0.25) is 0 Å². The van der Waals surface area contributed by atoms with E-state index in [1.54, 1.807) is 18.2 Å². The molecule has 0 saturated heterocycles. The van der Waals surface area contributed by atoms with E-state index in [-0.39, 0.29) is 22.6 Å². The predicted molar refractivity (Wildman–Crippen MR) is 101 cm³/mol. The van der Waals surface area contributed by atoms with Crippen molar-refractivity contribution < 1.29 is 19.8 Å². The van der Waals surface area contributed by atoms with Crippen molar-refractivity contribution in [3.05, 3.63) is 70.0 Å². The Bertz CT molecular complexity index is 1180. The first-order valence-corrected chi connectivity index (χ1v) is 8.02. The molecule has 10 heteroatoms. The standard InChI is InChI=1S/C18H15N5O5/c1-9(24)15(23-22-12-5-3-2-4-11(12)17(26)27)16(25)19-10-6-7-13-14(8-10)21-18(28)20-13/h2-8,24H,1H3,(H,19,25)(H,26,27)(H2,20,21,28)/b15-9+,23-22?. The summed E-state index contributed by atoms with van der Waals surface area (Å²) < 4.78 is 0. The van der Waals surface area contributed by atoms with Gasteiger partial charge in [-0.1, -0.05) is 12.1 Å². The number of carbonyl (C=O) groups excluding carboxylic acids is 1. The Balaban J connectivity index is 1.86. The second kappa shape index (κ2) is 7.58. The summed E-state index contributed by atoms with van der Waals surface area (Å²) in [6.07, 6.45) is 0. The number of hydrogen-bond acceptors (Lipinski definition) is 6. The number of carboxylic acids is 1. The van der Waals surface area contributed by atoms with E-state index in [0.29, 0.717) is 16.7 Å². The number of anilines is 1. The van der Waals surface area contributed by atoms with Gasteiger partial charge in [0.2, 0.25) is 0 Å². The highest BCUT2D eigenvalue weighted by atomic mass is 16.4. The smallest absolute Gasteiger partial charge is 0.337 e. The number of benzene rings is 2. The molecule has 0 saturated carbocycles. The Labute approximate surface area is 157 Å². The van der Waals surface area contributed by atoms with Crippen LogP contribution in [0.3, 0.4) is 0 Å². The summed E-state index contributed by atoms with van der Waals surface area (Å²) in [4.78, 5) is 40.1. The van der Waals surface area contributed by atoms with Gasteiger partial charge in [-0.25, -0.2) is 9.59 Å². The summed E-state index contributed by atoms with van der Waals surface area (Å²) in [6.45, 7) is 1.25. The van der Waals surface area contributed by atoms with Gasteiger partial charge in [0, 0.05) is 5.69 Å². The third-order valence-electron chi connectivity index (χ3n) is 3.72. The zero-order chi connectivity index (χ0) is 20.3. The molecule has 0 aliphatic carbocycles. The number of rotatable bonds is 5. The van der Waals surface area contributed by atoms with Crippen LogP contribution in [0.15, 0.2) is 68.9 Å². The molecule has 0 aliphatic rings. The van der Waals surface area contributed by atoms with E-state index in [0.717, 1.165) is 0 Å². The molecule has 0 unspecified atom stereocenters. The first-order chi connectivity index (χ1) is 13.3. The Kier molecular flexibility index (Phi) is 5.03. The highest BCUT2D eigenvalue weighted by Gasteiger charge is 2.15. The average Bonchev–Trinajstić information content (AvgIpc) is 3.01. The Hall–Kier alpha value is -4.21. The predicted octanol–water partition coefficient (Wildman–Crippen LogP) is 3.07. The van der Waals surface area contributed by atoms with Crippen molar-refractivity contribution in [2.75, 3.05) is 5.32 Å². The van der Waals surface area contributed by atoms with Crippen LogP contribution in [-0.4, -0.2) is 32.1 Å². The minimum Gasteiger partial charge on any atom is -0.510 e. The number of carbonyl (C=O) groups is 2. The van der Waals surface area contributed by atoms with Crippen molar-refractivity contribution in [2.45, 2.75) is 6.92 Å². The number of aromatic nitrogens is 2. The molecule has 142 valence electrons. The fourth-order valence-electron chi connectivity index (χ4n) is 2.43. The van der Waals surface area contributed by atoms with Crippen molar-refractivity contribution in [1.82, 2.24) is 9.97 Å². The zero-order valence-electron chi connectivity index (χ0n) is 14.6. The lowest BCUT2D eigenvalue weighted by atomic mass is 10.2. The van der Waals surface area contributed by atoms with Crippen LogP contribution in [0.4, 0.5) is 11.4 Å². The maximum atomic E-state index is 12.5. The molecule has 10 nitrogen and oxygen atoms in total. The van der Waals surface area contributed by atoms with Gasteiger partial charge < -0.3 is 25.5 Å². The monoisotopic (exact) mass is 381 g/mol. The number of aliphatic hydroxyl groups excluding tert-OH is 1. The molecule has 1 amide bonds. The lowest BCUT2D eigenvalue weighted by Gasteiger charge is -2.06. The molecule has 0 spiro atoms. The fourth-order valence-corrected chi connectivity index (χ4v) is 2.43. The molecule has 3 aromatic rings. The number of azo groups is 1. The fraction of sp³-hybridized carbons (Fsp3) is 0.0556. The van der Waals surface area contributed by atoms with Crippen LogP contribution in [0.5, 0.6) is 0 Å². The summed E-state index contributed by atoms with van der Waals surface area (Å²) in [7, 11) is 0. The molecule has 0 bridgehead atoms. The third-order valence-corrected chi connectivity index (χ3v) is 3.72. The van der Waals surface area contributed by atoms with Crippen molar-refractivity contribution in [3.8, 4) is 0 Å². The molecule has 1 aromatic heterocycles. The van der Waals surface area contributed by atoms with E-state index in [4.69, 9.17) is 5.11 Å². The van der Waals surface area contributed by atoms with Crippen LogP contribution in [0.1, 0.15) is 17.3 Å². The van der Waals surface area contributed by atoms with E-state index < -0.39 is 17.6 Å².